The molecule has 0 unspecified atom stereocenters. The number of anilines is 1. The highest BCUT2D eigenvalue weighted by atomic mass is 35.5. The van der Waals surface area contributed by atoms with Crippen molar-refractivity contribution in [2.45, 2.75) is 23.8 Å². The fourth-order valence-corrected chi connectivity index (χ4v) is 4.99. The molecule has 0 saturated carbocycles. The van der Waals surface area contributed by atoms with Crippen LogP contribution >= 0.6 is 11.6 Å². The highest BCUT2D eigenvalue weighted by Gasteiger charge is 2.34. The molecule has 1 aromatic carbocycles. The number of fused-ring (bicyclic) bond motifs is 4. The minimum Gasteiger partial charge on any atom is -0.345 e. The van der Waals surface area contributed by atoms with Gasteiger partial charge < -0.3 is 9.88 Å². The number of halogens is 1. The van der Waals surface area contributed by atoms with E-state index >= 15 is 0 Å². The number of piperidine rings is 1. The van der Waals surface area contributed by atoms with Crippen molar-refractivity contribution in [1.29, 1.82) is 0 Å². The van der Waals surface area contributed by atoms with Gasteiger partial charge in [-0.25, -0.2) is 8.42 Å². The predicted octanol–water partition coefficient (Wildman–Crippen LogP) is 0.983. The SMILES string of the molecule is O=c1c(NS(=O)(=O)c2ccc(Cl)cc2)ccc2n1C[C@@H]1C[NH2+]C[C@H]2C1. The quantitative estimate of drug-likeness (QED) is 0.832. The predicted molar refractivity (Wildman–Crippen MR) is 95.5 cm³/mol. The minimum absolute atomic E-state index is 0.0745. The van der Waals surface area contributed by atoms with E-state index < -0.39 is 10.0 Å². The summed E-state index contributed by atoms with van der Waals surface area (Å²) in [7, 11) is -3.83. The van der Waals surface area contributed by atoms with E-state index in [1.807, 2.05) is 6.07 Å². The molecular formula is C17H19ClN3O3S+. The molecule has 25 heavy (non-hydrogen) atoms. The van der Waals surface area contributed by atoms with Crippen molar-refractivity contribution >= 4 is 27.3 Å². The number of benzene rings is 1. The topological polar surface area (TPSA) is 84.8 Å². The zero-order chi connectivity index (χ0) is 17.6. The zero-order valence-electron chi connectivity index (χ0n) is 13.5. The fraction of sp³-hybridized carbons (Fsp3) is 0.353. The van der Waals surface area contributed by atoms with Gasteiger partial charge in [-0.15, -0.1) is 0 Å². The third-order valence-electron chi connectivity index (χ3n) is 5.00. The maximum atomic E-state index is 12.8. The van der Waals surface area contributed by atoms with Gasteiger partial charge in [0.15, 0.2) is 0 Å². The smallest absolute Gasteiger partial charge is 0.275 e. The van der Waals surface area contributed by atoms with Crippen LogP contribution in [-0.4, -0.2) is 26.1 Å². The van der Waals surface area contributed by atoms with Crippen molar-refractivity contribution in [1.82, 2.24) is 4.57 Å². The van der Waals surface area contributed by atoms with Gasteiger partial charge >= 0.3 is 0 Å². The number of nitrogens with one attached hydrogen (secondary N) is 1. The number of quaternary nitrogens is 1. The Kier molecular flexibility index (Phi) is 4.10. The van der Waals surface area contributed by atoms with Crippen LogP contribution in [0.25, 0.3) is 0 Å². The van der Waals surface area contributed by atoms with Gasteiger partial charge in [0.2, 0.25) is 0 Å². The molecule has 0 aliphatic carbocycles. The van der Waals surface area contributed by atoms with Crippen molar-refractivity contribution < 1.29 is 13.7 Å². The molecule has 1 aromatic heterocycles. The molecule has 0 spiro atoms. The first-order valence-corrected chi connectivity index (χ1v) is 10.1. The third kappa shape index (κ3) is 3.07. The lowest BCUT2D eigenvalue weighted by molar-refractivity contribution is -0.673. The average Bonchev–Trinajstić information content (AvgIpc) is 2.58. The van der Waals surface area contributed by atoms with Crippen LogP contribution in [0, 0.1) is 5.92 Å². The van der Waals surface area contributed by atoms with Gasteiger partial charge in [0, 0.05) is 29.1 Å². The number of hydrogen-bond acceptors (Lipinski definition) is 3. The van der Waals surface area contributed by atoms with E-state index in [-0.39, 0.29) is 16.1 Å². The van der Waals surface area contributed by atoms with E-state index in [2.05, 4.69) is 10.0 Å². The van der Waals surface area contributed by atoms with E-state index in [1.54, 1.807) is 10.6 Å². The first-order valence-electron chi connectivity index (χ1n) is 8.28. The zero-order valence-corrected chi connectivity index (χ0v) is 15.1. The number of pyridine rings is 1. The minimum atomic E-state index is -3.83. The van der Waals surface area contributed by atoms with Gasteiger partial charge in [-0.1, -0.05) is 11.6 Å². The fourth-order valence-electron chi connectivity index (χ4n) is 3.81. The van der Waals surface area contributed by atoms with E-state index in [1.165, 1.54) is 24.3 Å². The first kappa shape index (κ1) is 16.6. The van der Waals surface area contributed by atoms with Crippen LogP contribution in [0.4, 0.5) is 5.69 Å². The van der Waals surface area contributed by atoms with Crippen LogP contribution in [0.5, 0.6) is 0 Å². The lowest BCUT2D eigenvalue weighted by Gasteiger charge is -2.35. The van der Waals surface area contributed by atoms with E-state index in [0.717, 1.165) is 25.2 Å². The maximum absolute atomic E-state index is 12.8. The van der Waals surface area contributed by atoms with Crippen molar-refractivity contribution in [3.8, 4) is 0 Å². The first-order chi connectivity index (χ1) is 11.9. The molecule has 2 aliphatic rings. The molecular weight excluding hydrogens is 362 g/mol. The lowest BCUT2D eigenvalue weighted by Crippen LogP contribution is -2.89. The maximum Gasteiger partial charge on any atom is 0.275 e. The molecule has 0 amide bonds. The van der Waals surface area contributed by atoms with Crippen LogP contribution in [-0.2, 0) is 16.6 Å². The number of hydrogen-bond donors (Lipinski definition) is 2. The number of aromatic nitrogens is 1. The Morgan fingerprint density at radius 2 is 1.88 bits per heavy atom. The summed E-state index contributed by atoms with van der Waals surface area (Å²) in [5.74, 6) is 0.828. The second-order valence-electron chi connectivity index (χ2n) is 6.71. The van der Waals surface area contributed by atoms with Crippen LogP contribution in [0.1, 0.15) is 18.0 Å². The highest BCUT2D eigenvalue weighted by molar-refractivity contribution is 7.92. The van der Waals surface area contributed by atoms with Gasteiger partial charge in [-0.3, -0.25) is 9.52 Å². The number of nitrogens with two attached hydrogens (primary N) is 1. The van der Waals surface area contributed by atoms with Gasteiger partial charge in [0.25, 0.3) is 15.6 Å². The Balaban J connectivity index is 1.69. The van der Waals surface area contributed by atoms with E-state index in [0.29, 0.717) is 23.4 Å². The van der Waals surface area contributed by atoms with Gasteiger partial charge in [0.05, 0.1) is 18.0 Å². The Bertz CT molecular complexity index is 970. The molecule has 8 heteroatoms. The number of rotatable bonds is 3. The average molecular weight is 381 g/mol. The van der Waals surface area contributed by atoms with Crippen molar-refractivity contribution in [2.75, 3.05) is 17.8 Å². The summed E-state index contributed by atoms with van der Waals surface area (Å²) in [5, 5.41) is 2.75. The van der Waals surface area contributed by atoms with E-state index in [9.17, 15) is 13.2 Å². The molecule has 2 aromatic rings. The number of nitrogens with zero attached hydrogens (tertiary/aromatic N) is 1. The molecule has 1 saturated heterocycles. The van der Waals surface area contributed by atoms with Gasteiger partial charge in [0.1, 0.15) is 5.69 Å². The molecule has 2 aliphatic heterocycles. The Morgan fingerprint density at radius 3 is 2.64 bits per heavy atom. The van der Waals surface area contributed by atoms with Crippen LogP contribution in [0.3, 0.4) is 0 Å². The summed E-state index contributed by atoms with van der Waals surface area (Å²) in [6.45, 7) is 2.65. The number of sulfonamides is 1. The lowest BCUT2D eigenvalue weighted by atomic mass is 9.84. The highest BCUT2D eigenvalue weighted by Crippen LogP contribution is 2.30. The van der Waals surface area contributed by atoms with E-state index in [4.69, 9.17) is 11.6 Å². The molecule has 4 rings (SSSR count). The standard InChI is InChI=1S/C17H18ClN3O3S/c18-13-1-3-14(4-2-13)25(23,24)20-15-5-6-16-12-7-11(8-19-9-12)10-21(16)17(15)22/h1-6,11-12,19-20H,7-10H2/p+1/t11-,12+/m0/s1. The molecule has 1 fully saturated rings. The second-order valence-corrected chi connectivity index (χ2v) is 8.82. The van der Waals surface area contributed by atoms with Crippen LogP contribution < -0.4 is 15.6 Å². The Hall–Kier alpha value is -1.83. The summed E-state index contributed by atoms with van der Waals surface area (Å²) in [4.78, 5) is 12.9. The molecule has 2 bridgehead atoms. The summed E-state index contributed by atoms with van der Waals surface area (Å²) < 4.78 is 29.2. The summed E-state index contributed by atoms with van der Waals surface area (Å²) in [5.41, 5.74) is 0.820. The molecule has 3 N–H and O–H groups in total. The molecule has 2 atom stereocenters. The van der Waals surface area contributed by atoms with Crippen molar-refractivity contribution in [3.63, 3.8) is 0 Å². The van der Waals surface area contributed by atoms with Crippen LogP contribution in [0.15, 0.2) is 46.1 Å². The summed E-state index contributed by atoms with van der Waals surface area (Å²) >= 11 is 5.80. The Labute approximate surface area is 150 Å². The summed E-state index contributed by atoms with van der Waals surface area (Å²) in [6, 6.07) is 9.31. The van der Waals surface area contributed by atoms with Crippen molar-refractivity contribution in [3.05, 3.63) is 57.5 Å². The summed E-state index contributed by atoms with van der Waals surface area (Å²) in [6.07, 6.45) is 1.10. The molecule has 6 nitrogen and oxygen atoms in total. The molecule has 132 valence electrons. The Morgan fingerprint density at radius 1 is 1.12 bits per heavy atom. The molecule has 3 heterocycles. The second kappa shape index (κ2) is 6.16. The van der Waals surface area contributed by atoms with Crippen LogP contribution in [0.2, 0.25) is 5.02 Å². The third-order valence-corrected chi connectivity index (χ3v) is 6.64. The molecule has 0 radical (unpaired) electrons. The van der Waals surface area contributed by atoms with Gasteiger partial charge in [-0.2, -0.15) is 0 Å². The van der Waals surface area contributed by atoms with Crippen molar-refractivity contribution in [2.24, 2.45) is 5.92 Å². The largest absolute Gasteiger partial charge is 0.345 e. The van der Waals surface area contributed by atoms with Gasteiger partial charge in [-0.05, 0) is 42.8 Å². The monoisotopic (exact) mass is 380 g/mol. The normalized spacial score (nSPS) is 22.3.